The highest BCUT2D eigenvalue weighted by Gasteiger charge is 2.01. The maximum absolute atomic E-state index is 10.5. The quantitative estimate of drug-likeness (QED) is 0.383. The number of Topliss-reactive ketones (excluding diaryl/α,β-unsaturated/α-hetero) is 1. The Hall–Kier alpha value is -0.860. The average molecular weight is 119 g/mol. The maximum atomic E-state index is 10.5. The van der Waals surface area contributed by atoms with Crippen molar-refractivity contribution in [2.24, 2.45) is 0 Å². The van der Waals surface area contributed by atoms with E-state index in [0.717, 1.165) is 0 Å². The lowest BCUT2D eigenvalue weighted by Crippen LogP contribution is -2.05. The van der Waals surface area contributed by atoms with Gasteiger partial charge in [0, 0.05) is 0 Å². The number of esters is 1. The summed E-state index contributed by atoms with van der Waals surface area (Å²) >= 11 is 0. The van der Waals surface area contributed by atoms with E-state index in [-0.39, 0.29) is 0 Å². The van der Waals surface area contributed by atoms with Crippen LogP contribution in [0.4, 0.5) is 0 Å². The average Bonchev–Trinajstić information content (AvgIpc) is 1.53. The van der Waals surface area contributed by atoms with Crippen LogP contribution in [0.3, 0.4) is 0 Å². The van der Waals surface area contributed by atoms with E-state index in [2.05, 4.69) is 4.74 Å². The fourth-order valence-electron chi connectivity index (χ4n) is 0.239. The lowest BCUT2D eigenvalue weighted by molar-refractivity contribution is -0.142. The van der Waals surface area contributed by atoms with Gasteiger partial charge in [-0.05, 0) is 6.92 Å². The summed E-state index contributed by atoms with van der Waals surface area (Å²) in [5, 5.41) is 0. The molecule has 0 atom stereocenters. The Kier molecular flexibility index (Phi) is 1.28. The number of methoxy groups -OCH3 is 1. The van der Waals surface area contributed by atoms with Crippen molar-refractivity contribution in [2.45, 2.75) is 13.3 Å². The molecule has 0 N–H and O–H groups in total. The molecule has 0 aliphatic carbocycles. The maximum Gasteiger partial charge on any atom is 0.313 e. The van der Waals surface area contributed by atoms with Crippen LogP contribution in [-0.4, -0.2) is 18.8 Å². The van der Waals surface area contributed by atoms with Crippen molar-refractivity contribution in [3.63, 3.8) is 0 Å². The zero-order chi connectivity index (χ0) is 9.07. The summed E-state index contributed by atoms with van der Waals surface area (Å²) in [6.45, 7) is 1.18. The molecule has 0 radical (unpaired) electrons. The van der Waals surface area contributed by atoms with Crippen molar-refractivity contribution < 1.29 is 18.4 Å². The van der Waals surface area contributed by atoms with Gasteiger partial charge in [0.25, 0.3) is 0 Å². The monoisotopic (exact) mass is 119 g/mol. The third kappa shape index (κ3) is 3.33. The molecular formula is C5H8O3. The summed E-state index contributed by atoms with van der Waals surface area (Å²) in [6.07, 6.45) is -0.488. The third-order valence-corrected chi connectivity index (χ3v) is 0.507. The van der Waals surface area contributed by atoms with Gasteiger partial charge in [0.2, 0.25) is 0 Å². The van der Waals surface area contributed by atoms with Gasteiger partial charge in [-0.3, -0.25) is 9.59 Å². The molecular weight excluding hydrogens is 108 g/mol. The molecule has 0 unspecified atom stereocenters. The Labute approximate surface area is 51.9 Å². The second-order valence-corrected chi connectivity index (χ2v) is 1.35. The zero-order valence-electron chi connectivity index (χ0n) is 7.43. The molecule has 3 heteroatoms. The predicted molar refractivity (Wildman–Crippen MR) is 27.3 cm³/mol. The van der Waals surface area contributed by atoms with Gasteiger partial charge in [-0.15, -0.1) is 0 Å². The second-order valence-electron chi connectivity index (χ2n) is 1.35. The van der Waals surface area contributed by atoms with Gasteiger partial charge in [-0.25, -0.2) is 0 Å². The Morgan fingerprint density at radius 2 is 2.38 bits per heavy atom. The minimum atomic E-state index is -2.74. The summed E-state index contributed by atoms with van der Waals surface area (Å²) < 4.78 is 23.3. The number of carbonyl (C=O) groups excluding carboxylic acids is 2. The van der Waals surface area contributed by atoms with Crippen molar-refractivity contribution in [2.75, 3.05) is 7.04 Å². The Morgan fingerprint density at radius 1 is 1.75 bits per heavy atom. The normalized spacial score (nSPS) is 15.4. The van der Waals surface area contributed by atoms with Crippen LogP contribution in [0.25, 0.3) is 0 Å². The summed E-state index contributed by atoms with van der Waals surface area (Å²) in [7, 11) is -2.74. The number of ketones is 1. The van der Waals surface area contributed by atoms with Crippen molar-refractivity contribution in [3.8, 4) is 0 Å². The predicted octanol–water partition coefficient (Wildman–Crippen LogP) is 0.139. The molecule has 0 heterocycles. The third-order valence-electron chi connectivity index (χ3n) is 0.507. The van der Waals surface area contributed by atoms with Crippen LogP contribution in [0.15, 0.2) is 0 Å². The number of hydrogen-bond acceptors (Lipinski definition) is 3. The molecule has 0 bridgehead atoms. The lowest BCUT2D eigenvalue weighted by Gasteiger charge is -1.90. The first-order valence-corrected chi connectivity index (χ1v) is 2.02. The van der Waals surface area contributed by atoms with E-state index in [4.69, 9.17) is 4.11 Å². The highest BCUT2D eigenvalue weighted by Crippen LogP contribution is 1.83. The van der Waals surface area contributed by atoms with Crippen LogP contribution in [0, 0.1) is 0 Å². The summed E-state index contributed by atoms with van der Waals surface area (Å²) in [4.78, 5) is 20.7. The van der Waals surface area contributed by atoms with Gasteiger partial charge in [0.05, 0.1) is 11.2 Å². The summed E-state index contributed by atoms with van der Waals surface area (Å²) in [5.41, 5.74) is 0. The molecule has 0 saturated carbocycles. The molecule has 0 aliphatic rings. The van der Waals surface area contributed by atoms with Crippen LogP contribution in [0.1, 0.15) is 17.5 Å². The molecule has 0 aromatic carbocycles. The highest BCUT2D eigenvalue weighted by atomic mass is 16.5. The molecule has 0 fully saturated rings. The highest BCUT2D eigenvalue weighted by molar-refractivity contribution is 5.93. The van der Waals surface area contributed by atoms with Gasteiger partial charge in [0.1, 0.15) is 12.2 Å². The SMILES string of the molecule is [2H]C([2H])([2H])OC(=O)CC(C)=O. The molecule has 0 spiro atoms. The molecule has 0 aromatic heterocycles. The number of carbonyl (C=O) groups is 2. The molecule has 0 aromatic rings. The topological polar surface area (TPSA) is 43.4 Å². The van der Waals surface area contributed by atoms with Crippen molar-refractivity contribution in [1.29, 1.82) is 0 Å². The van der Waals surface area contributed by atoms with Crippen molar-refractivity contribution >= 4 is 11.8 Å². The second kappa shape index (κ2) is 3.18. The number of hydrogen-bond donors (Lipinski definition) is 0. The van der Waals surface area contributed by atoms with Crippen LogP contribution < -0.4 is 0 Å². The van der Waals surface area contributed by atoms with E-state index in [1.165, 1.54) is 6.92 Å². The van der Waals surface area contributed by atoms with E-state index in [0.29, 0.717) is 0 Å². The van der Waals surface area contributed by atoms with Crippen LogP contribution >= 0.6 is 0 Å². The van der Waals surface area contributed by atoms with Gasteiger partial charge >= 0.3 is 5.97 Å². The smallest absolute Gasteiger partial charge is 0.313 e. The first-order valence-electron chi connectivity index (χ1n) is 3.52. The Morgan fingerprint density at radius 3 is 2.75 bits per heavy atom. The minimum Gasteiger partial charge on any atom is -0.469 e. The molecule has 3 nitrogen and oxygen atoms in total. The number of ether oxygens (including phenoxy) is 1. The molecule has 0 amide bonds. The molecule has 46 valence electrons. The van der Waals surface area contributed by atoms with E-state index >= 15 is 0 Å². The van der Waals surface area contributed by atoms with Gasteiger partial charge < -0.3 is 4.74 Å². The van der Waals surface area contributed by atoms with E-state index < -0.39 is 25.2 Å². The fraction of sp³-hybridized carbons (Fsp3) is 0.600. The molecule has 0 rings (SSSR count). The largest absolute Gasteiger partial charge is 0.469 e. The van der Waals surface area contributed by atoms with Crippen molar-refractivity contribution in [3.05, 3.63) is 0 Å². The first-order chi connectivity index (χ1) is 4.81. The Bertz CT molecular complexity index is 172. The fourth-order valence-corrected chi connectivity index (χ4v) is 0.239. The van der Waals surface area contributed by atoms with Crippen LogP contribution in [0.5, 0.6) is 0 Å². The summed E-state index contributed by atoms with van der Waals surface area (Å²) in [5.74, 6) is -1.43. The van der Waals surface area contributed by atoms with Crippen LogP contribution in [0.2, 0.25) is 0 Å². The molecule has 0 aliphatic heterocycles. The van der Waals surface area contributed by atoms with E-state index in [1.807, 2.05) is 0 Å². The van der Waals surface area contributed by atoms with Crippen molar-refractivity contribution in [1.82, 2.24) is 0 Å². The first kappa shape index (κ1) is 3.22. The molecule has 8 heavy (non-hydrogen) atoms. The van der Waals surface area contributed by atoms with Gasteiger partial charge in [-0.2, -0.15) is 0 Å². The van der Waals surface area contributed by atoms with Crippen LogP contribution in [-0.2, 0) is 14.3 Å². The number of rotatable bonds is 2. The lowest BCUT2D eigenvalue weighted by atomic mass is 10.3. The summed E-state index contributed by atoms with van der Waals surface area (Å²) in [6, 6.07) is 0. The zero-order valence-corrected chi connectivity index (χ0v) is 4.43. The standard InChI is InChI=1S/C5H8O3/c1-4(6)3-5(7)8-2/h3H2,1-2H3/i2D3. The van der Waals surface area contributed by atoms with E-state index in [9.17, 15) is 9.59 Å². The van der Waals surface area contributed by atoms with E-state index in [1.54, 1.807) is 0 Å². The molecule has 0 saturated heterocycles. The Balaban J connectivity index is 3.80. The van der Waals surface area contributed by atoms with Gasteiger partial charge in [-0.1, -0.05) is 0 Å². The van der Waals surface area contributed by atoms with Gasteiger partial charge in [0.15, 0.2) is 0 Å². The minimum absolute atomic E-state index is 0.417.